The lowest BCUT2D eigenvalue weighted by Gasteiger charge is -2.07. The lowest BCUT2D eigenvalue weighted by Crippen LogP contribution is -1.92. The molecule has 0 aliphatic heterocycles. The summed E-state index contributed by atoms with van der Waals surface area (Å²) in [6.07, 6.45) is 15.6. The molecule has 0 aromatic carbocycles. The molecule has 1 heteroatoms. The highest BCUT2D eigenvalue weighted by atomic mass is 32.1. The molecule has 0 radical (unpaired) electrons. The average Bonchev–Trinajstić information content (AvgIpc) is 2.89. The van der Waals surface area contributed by atoms with Crippen molar-refractivity contribution in [2.75, 3.05) is 0 Å². The molecule has 0 spiro atoms. The van der Waals surface area contributed by atoms with E-state index in [4.69, 9.17) is 0 Å². The van der Waals surface area contributed by atoms with E-state index in [1.165, 1.54) is 70.6 Å². The van der Waals surface area contributed by atoms with Crippen molar-refractivity contribution in [1.82, 2.24) is 0 Å². The van der Waals surface area contributed by atoms with Crippen LogP contribution in [0.5, 0.6) is 0 Å². The smallest absolute Gasteiger partial charge is 0.00558 e. The van der Waals surface area contributed by atoms with Crippen LogP contribution in [0.15, 0.2) is 10.8 Å². The molecule has 0 saturated heterocycles. The monoisotopic (exact) mass is 294 g/mol. The van der Waals surface area contributed by atoms with Gasteiger partial charge in [0.2, 0.25) is 0 Å². The summed E-state index contributed by atoms with van der Waals surface area (Å²) >= 11 is 1.88. The second-order valence-corrected chi connectivity index (χ2v) is 7.18. The van der Waals surface area contributed by atoms with Crippen LogP contribution >= 0.6 is 11.3 Å². The number of hydrogen-bond donors (Lipinski definition) is 0. The summed E-state index contributed by atoms with van der Waals surface area (Å²) in [6.45, 7) is 6.91. The number of aryl methyl sites for hydroxylation is 1. The van der Waals surface area contributed by atoms with E-state index in [9.17, 15) is 0 Å². The minimum Gasteiger partial charge on any atom is -0.152 e. The van der Waals surface area contributed by atoms with Crippen LogP contribution in [0, 0.1) is 0 Å². The molecule has 0 saturated carbocycles. The fraction of sp³-hybridized carbons (Fsp3) is 0.789. The highest BCUT2D eigenvalue weighted by molar-refractivity contribution is 7.08. The van der Waals surface area contributed by atoms with E-state index in [-0.39, 0.29) is 0 Å². The first-order valence-corrected chi connectivity index (χ1v) is 9.75. The summed E-state index contributed by atoms with van der Waals surface area (Å²) in [4.78, 5) is 0. The Hall–Kier alpha value is -0.300. The predicted molar refractivity (Wildman–Crippen MR) is 94.0 cm³/mol. The van der Waals surface area contributed by atoms with Gasteiger partial charge in [0.05, 0.1) is 0 Å². The highest BCUT2D eigenvalue weighted by Gasteiger charge is 2.06. The Morgan fingerprint density at radius 2 is 1.35 bits per heavy atom. The molecule has 1 rings (SSSR count). The van der Waals surface area contributed by atoms with Gasteiger partial charge >= 0.3 is 0 Å². The third-order valence-corrected chi connectivity index (χ3v) is 5.01. The minimum absolute atomic E-state index is 0.694. The van der Waals surface area contributed by atoms with Gasteiger partial charge in [-0.15, -0.1) is 0 Å². The van der Waals surface area contributed by atoms with Crippen LogP contribution in [0.3, 0.4) is 0 Å². The van der Waals surface area contributed by atoms with Crippen molar-refractivity contribution < 1.29 is 0 Å². The van der Waals surface area contributed by atoms with E-state index < -0.39 is 0 Å². The Balaban J connectivity index is 1.96. The van der Waals surface area contributed by atoms with Crippen LogP contribution in [0.4, 0.5) is 0 Å². The normalized spacial score (nSPS) is 11.4. The first-order valence-electron chi connectivity index (χ1n) is 8.80. The van der Waals surface area contributed by atoms with Crippen molar-refractivity contribution >= 4 is 11.3 Å². The van der Waals surface area contributed by atoms with Crippen LogP contribution in [0.2, 0.25) is 0 Å². The van der Waals surface area contributed by atoms with Crippen molar-refractivity contribution in [3.8, 4) is 0 Å². The molecule has 1 aromatic heterocycles. The quantitative estimate of drug-likeness (QED) is 0.354. The molecule has 0 aliphatic rings. The van der Waals surface area contributed by atoms with Gasteiger partial charge in [0, 0.05) is 0 Å². The number of rotatable bonds is 12. The fourth-order valence-corrected chi connectivity index (χ4v) is 3.90. The van der Waals surface area contributed by atoms with Crippen molar-refractivity contribution in [2.24, 2.45) is 0 Å². The Kier molecular flexibility index (Phi) is 10.1. The summed E-state index contributed by atoms with van der Waals surface area (Å²) in [5.74, 6) is 0.694. The van der Waals surface area contributed by atoms with Gasteiger partial charge in [-0.1, -0.05) is 78.6 Å². The summed E-state index contributed by atoms with van der Waals surface area (Å²) in [5.41, 5.74) is 3.20. The number of hydrogen-bond acceptors (Lipinski definition) is 1. The Bertz CT molecular complexity index is 324. The molecule has 20 heavy (non-hydrogen) atoms. The van der Waals surface area contributed by atoms with Crippen LogP contribution in [0.1, 0.15) is 102 Å². The standard InChI is InChI=1S/C19H34S/c1-4-5-6-7-8-9-10-11-12-13-14-18-15-20-16-19(18)17(2)3/h15-17H,4-14H2,1-3H3. The Labute approximate surface area is 131 Å². The van der Waals surface area contributed by atoms with E-state index in [1.807, 2.05) is 11.3 Å². The zero-order valence-electron chi connectivity index (χ0n) is 13.9. The maximum Gasteiger partial charge on any atom is -0.00558 e. The molecule has 0 fully saturated rings. The van der Waals surface area contributed by atoms with Crippen molar-refractivity contribution in [2.45, 2.75) is 97.3 Å². The minimum atomic E-state index is 0.694. The van der Waals surface area contributed by atoms with Gasteiger partial charge in [-0.2, -0.15) is 11.3 Å². The zero-order chi connectivity index (χ0) is 14.6. The molecule has 0 aliphatic carbocycles. The SMILES string of the molecule is CCCCCCCCCCCCc1cscc1C(C)C. The van der Waals surface area contributed by atoms with Crippen LogP contribution in [-0.2, 0) is 6.42 Å². The third kappa shape index (κ3) is 7.47. The second kappa shape index (κ2) is 11.4. The Morgan fingerprint density at radius 1 is 0.800 bits per heavy atom. The first-order chi connectivity index (χ1) is 9.75. The molecule has 1 heterocycles. The van der Waals surface area contributed by atoms with Crippen molar-refractivity contribution in [1.29, 1.82) is 0 Å². The van der Waals surface area contributed by atoms with Gasteiger partial charge in [0.1, 0.15) is 0 Å². The molecule has 0 N–H and O–H groups in total. The van der Waals surface area contributed by atoms with Gasteiger partial charge in [-0.3, -0.25) is 0 Å². The second-order valence-electron chi connectivity index (χ2n) is 6.44. The molecule has 0 unspecified atom stereocenters. The molecule has 0 nitrogen and oxygen atoms in total. The molecule has 116 valence electrons. The largest absolute Gasteiger partial charge is 0.152 e. The molecule has 0 amide bonds. The van der Waals surface area contributed by atoms with Crippen molar-refractivity contribution in [3.05, 3.63) is 21.9 Å². The van der Waals surface area contributed by atoms with E-state index in [0.717, 1.165) is 0 Å². The van der Waals surface area contributed by atoms with E-state index in [0.29, 0.717) is 5.92 Å². The maximum atomic E-state index is 2.36. The van der Waals surface area contributed by atoms with Gasteiger partial charge in [-0.05, 0) is 40.6 Å². The fourth-order valence-electron chi connectivity index (χ4n) is 2.85. The van der Waals surface area contributed by atoms with Gasteiger partial charge in [0.25, 0.3) is 0 Å². The topological polar surface area (TPSA) is 0 Å². The molecule has 0 atom stereocenters. The van der Waals surface area contributed by atoms with Crippen molar-refractivity contribution in [3.63, 3.8) is 0 Å². The highest BCUT2D eigenvalue weighted by Crippen LogP contribution is 2.25. The van der Waals surface area contributed by atoms with Crippen LogP contribution in [0.25, 0.3) is 0 Å². The van der Waals surface area contributed by atoms with E-state index >= 15 is 0 Å². The van der Waals surface area contributed by atoms with Gasteiger partial charge < -0.3 is 0 Å². The Morgan fingerprint density at radius 3 is 1.90 bits per heavy atom. The molecule has 1 aromatic rings. The predicted octanol–water partition coefficient (Wildman–Crippen LogP) is 7.33. The summed E-state index contributed by atoms with van der Waals surface area (Å²) in [5, 5.41) is 4.71. The van der Waals surface area contributed by atoms with Crippen LogP contribution < -0.4 is 0 Å². The number of unbranched alkanes of at least 4 members (excludes halogenated alkanes) is 9. The van der Waals surface area contributed by atoms with Crippen LogP contribution in [-0.4, -0.2) is 0 Å². The average molecular weight is 295 g/mol. The summed E-state index contributed by atoms with van der Waals surface area (Å²) in [6, 6.07) is 0. The number of thiophene rings is 1. The van der Waals surface area contributed by atoms with E-state index in [2.05, 4.69) is 31.5 Å². The van der Waals surface area contributed by atoms with E-state index in [1.54, 1.807) is 11.1 Å². The summed E-state index contributed by atoms with van der Waals surface area (Å²) < 4.78 is 0. The van der Waals surface area contributed by atoms with Gasteiger partial charge in [-0.25, -0.2) is 0 Å². The summed E-state index contributed by atoms with van der Waals surface area (Å²) in [7, 11) is 0. The third-order valence-electron chi connectivity index (χ3n) is 4.20. The van der Waals surface area contributed by atoms with Gasteiger partial charge in [0.15, 0.2) is 0 Å². The molecule has 0 bridgehead atoms. The lowest BCUT2D eigenvalue weighted by molar-refractivity contribution is 0.556. The molecular weight excluding hydrogens is 260 g/mol. The maximum absolute atomic E-state index is 2.36. The molecular formula is C19H34S. The lowest BCUT2D eigenvalue weighted by atomic mass is 9.98. The zero-order valence-corrected chi connectivity index (χ0v) is 14.7. The first kappa shape index (κ1) is 17.8.